The number of aryl methyl sites for hydroxylation is 1. The van der Waals surface area contributed by atoms with Crippen LogP contribution in [0.2, 0.25) is 0 Å². The van der Waals surface area contributed by atoms with Gasteiger partial charge in [0, 0.05) is 47.6 Å². The molecule has 8 heteroatoms. The molecule has 3 aromatic rings. The highest BCUT2D eigenvalue weighted by Crippen LogP contribution is 2.33. The van der Waals surface area contributed by atoms with Crippen LogP contribution < -0.4 is 10.2 Å². The van der Waals surface area contributed by atoms with E-state index in [1.807, 2.05) is 24.3 Å². The Balaban J connectivity index is 1.31. The maximum absolute atomic E-state index is 14.0. The zero-order valence-electron chi connectivity index (χ0n) is 18.2. The number of thiophene rings is 1. The highest BCUT2D eigenvalue weighted by atomic mass is 32.1. The molecule has 0 bridgehead atoms. The maximum atomic E-state index is 14.0. The fourth-order valence-electron chi connectivity index (χ4n) is 3.92. The van der Waals surface area contributed by atoms with Crippen molar-refractivity contribution in [2.75, 3.05) is 49.5 Å². The van der Waals surface area contributed by atoms with Gasteiger partial charge in [-0.25, -0.2) is 9.18 Å². The first-order chi connectivity index (χ1) is 15.5. The quantitative estimate of drug-likeness (QED) is 0.562. The van der Waals surface area contributed by atoms with Crippen molar-refractivity contribution in [3.63, 3.8) is 0 Å². The summed E-state index contributed by atoms with van der Waals surface area (Å²) < 4.78 is 19.9. The Kier molecular flexibility index (Phi) is 6.72. The van der Waals surface area contributed by atoms with Crippen LogP contribution in [0.25, 0.3) is 10.1 Å². The normalized spacial score (nSPS) is 14.5. The lowest BCUT2D eigenvalue weighted by atomic mass is 10.1. The van der Waals surface area contributed by atoms with Crippen LogP contribution in [0.1, 0.15) is 22.2 Å². The number of nitrogens with zero attached hydrogens (tertiary/aromatic N) is 2. The third-order valence-corrected chi connectivity index (χ3v) is 7.00. The number of anilines is 2. The van der Waals surface area contributed by atoms with E-state index < -0.39 is 18.5 Å². The second kappa shape index (κ2) is 9.67. The molecule has 1 fully saturated rings. The lowest BCUT2D eigenvalue weighted by Crippen LogP contribution is -2.46. The van der Waals surface area contributed by atoms with Crippen molar-refractivity contribution in [1.29, 1.82) is 0 Å². The van der Waals surface area contributed by atoms with E-state index in [1.54, 1.807) is 19.1 Å². The highest BCUT2D eigenvalue weighted by molar-refractivity contribution is 7.21. The summed E-state index contributed by atoms with van der Waals surface area (Å²) in [5, 5.41) is 3.17. The van der Waals surface area contributed by atoms with Crippen LogP contribution in [0.5, 0.6) is 0 Å². The molecule has 0 radical (unpaired) electrons. The number of nitrogens with one attached hydrogen (secondary N) is 1. The van der Waals surface area contributed by atoms with Crippen molar-refractivity contribution in [3.05, 3.63) is 58.7 Å². The molecule has 0 saturated carbocycles. The molecule has 1 N–H and O–H groups in total. The number of ether oxygens (including phenoxy) is 1. The minimum atomic E-state index is -0.625. The number of carbonyl (C=O) groups is 2. The minimum Gasteiger partial charge on any atom is -0.451 e. The first kappa shape index (κ1) is 22.2. The van der Waals surface area contributed by atoms with Gasteiger partial charge in [0.25, 0.3) is 5.91 Å². The Hall–Kier alpha value is -2.97. The number of carbonyl (C=O) groups excluding carboxylic acids is 2. The van der Waals surface area contributed by atoms with Crippen LogP contribution in [0, 0.1) is 12.7 Å². The average Bonchev–Trinajstić information content (AvgIpc) is 3.16. The van der Waals surface area contributed by atoms with Gasteiger partial charge in [0.1, 0.15) is 10.7 Å². The van der Waals surface area contributed by atoms with Gasteiger partial charge in [-0.15, -0.1) is 11.3 Å². The van der Waals surface area contributed by atoms with Gasteiger partial charge in [0.05, 0.1) is 0 Å². The summed E-state index contributed by atoms with van der Waals surface area (Å²) in [5.41, 5.74) is 2.30. The number of fused-ring (bicyclic) bond motifs is 1. The molecular weight excluding hydrogens is 429 g/mol. The zero-order chi connectivity index (χ0) is 22.7. The van der Waals surface area contributed by atoms with Gasteiger partial charge in [-0.1, -0.05) is 13.0 Å². The number of likely N-dealkylation sites (N-methyl/N-ethyl adjacent to an activating group) is 1. The summed E-state index contributed by atoms with van der Waals surface area (Å²) in [5.74, 6) is -1.42. The molecule has 1 aromatic heterocycles. The first-order valence-corrected chi connectivity index (χ1v) is 11.5. The minimum absolute atomic E-state index is 0.311. The monoisotopic (exact) mass is 455 g/mol. The number of hydrogen-bond donors (Lipinski definition) is 1. The summed E-state index contributed by atoms with van der Waals surface area (Å²) in [4.78, 5) is 29.8. The van der Waals surface area contributed by atoms with E-state index in [0.717, 1.165) is 49.7 Å². The van der Waals surface area contributed by atoms with Crippen LogP contribution in [0.3, 0.4) is 0 Å². The molecule has 0 unspecified atom stereocenters. The van der Waals surface area contributed by atoms with Crippen LogP contribution in [0.4, 0.5) is 15.8 Å². The molecule has 1 aliphatic rings. The SMILES string of the molecule is CCN1CCN(c2ccc(NC(=O)COC(=O)c3sc4cccc(F)c4c3C)cc2)CC1. The van der Waals surface area contributed by atoms with Crippen molar-refractivity contribution >= 4 is 44.7 Å². The summed E-state index contributed by atoms with van der Waals surface area (Å²) in [7, 11) is 0. The Morgan fingerprint density at radius 3 is 2.47 bits per heavy atom. The second-order valence-electron chi connectivity index (χ2n) is 7.76. The molecule has 0 atom stereocenters. The van der Waals surface area contributed by atoms with Crippen molar-refractivity contribution in [2.24, 2.45) is 0 Å². The summed E-state index contributed by atoms with van der Waals surface area (Å²) in [6.07, 6.45) is 0. The van der Waals surface area contributed by atoms with Crippen molar-refractivity contribution < 1.29 is 18.7 Å². The van der Waals surface area contributed by atoms with Gasteiger partial charge < -0.3 is 19.9 Å². The molecular formula is C24H26FN3O3S. The lowest BCUT2D eigenvalue weighted by molar-refractivity contribution is -0.119. The third-order valence-electron chi connectivity index (χ3n) is 5.76. The molecule has 6 nitrogen and oxygen atoms in total. The summed E-state index contributed by atoms with van der Waals surface area (Å²) >= 11 is 1.16. The van der Waals surface area contributed by atoms with Gasteiger partial charge in [0.2, 0.25) is 0 Å². The maximum Gasteiger partial charge on any atom is 0.349 e. The molecule has 0 spiro atoms. The number of piperazine rings is 1. The van der Waals surface area contributed by atoms with Crippen LogP contribution in [-0.2, 0) is 9.53 Å². The number of benzene rings is 2. The van der Waals surface area contributed by atoms with Gasteiger partial charge in [0.15, 0.2) is 6.61 Å². The molecule has 32 heavy (non-hydrogen) atoms. The lowest BCUT2D eigenvalue weighted by Gasteiger charge is -2.35. The third kappa shape index (κ3) is 4.76. The number of amides is 1. The number of halogens is 1. The predicted molar refractivity (Wildman–Crippen MR) is 126 cm³/mol. The Bertz CT molecular complexity index is 1120. The van der Waals surface area contributed by atoms with Crippen LogP contribution >= 0.6 is 11.3 Å². The van der Waals surface area contributed by atoms with Gasteiger partial charge in [-0.2, -0.15) is 0 Å². The van der Waals surface area contributed by atoms with E-state index in [9.17, 15) is 14.0 Å². The topological polar surface area (TPSA) is 61.9 Å². The molecule has 1 saturated heterocycles. The molecule has 4 rings (SSSR count). The van der Waals surface area contributed by atoms with Crippen molar-refractivity contribution in [1.82, 2.24) is 4.90 Å². The second-order valence-corrected chi connectivity index (χ2v) is 8.81. The fraction of sp³-hybridized carbons (Fsp3) is 0.333. The molecule has 168 valence electrons. The molecule has 1 aliphatic heterocycles. The Morgan fingerprint density at radius 2 is 1.81 bits per heavy atom. The largest absolute Gasteiger partial charge is 0.451 e. The molecule has 1 amide bonds. The number of rotatable bonds is 6. The van der Waals surface area contributed by atoms with E-state index >= 15 is 0 Å². The van der Waals surface area contributed by atoms with Crippen LogP contribution in [-0.4, -0.2) is 56.1 Å². The smallest absolute Gasteiger partial charge is 0.349 e. The van der Waals surface area contributed by atoms with E-state index in [1.165, 1.54) is 6.07 Å². The zero-order valence-corrected chi connectivity index (χ0v) is 19.0. The first-order valence-electron chi connectivity index (χ1n) is 10.7. The fourth-order valence-corrected chi connectivity index (χ4v) is 5.04. The van der Waals surface area contributed by atoms with E-state index in [4.69, 9.17) is 4.74 Å². The van der Waals surface area contributed by atoms with Crippen molar-refractivity contribution in [3.8, 4) is 0 Å². The van der Waals surface area contributed by atoms with Gasteiger partial charge in [-0.3, -0.25) is 4.79 Å². The predicted octanol–water partition coefficient (Wildman–Crippen LogP) is 4.29. The number of esters is 1. The highest BCUT2D eigenvalue weighted by Gasteiger charge is 2.20. The van der Waals surface area contributed by atoms with E-state index in [0.29, 0.717) is 26.2 Å². The standard InChI is InChI=1S/C24H26FN3O3S/c1-3-27-11-13-28(14-12-27)18-9-7-17(8-10-18)26-21(29)15-31-24(30)23-16(2)22-19(25)5-4-6-20(22)32-23/h4-10H,3,11-15H2,1-2H3,(H,26,29). The summed E-state index contributed by atoms with van der Waals surface area (Å²) in [6.45, 7) is 8.58. The molecule has 0 aliphatic carbocycles. The Morgan fingerprint density at radius 1 is 1.09 bits per heavy atom. The van der Waals surface area contributed by atoms with Gasteiger partial charge >= 0.3 is 5.97 Å². The van der Waals surface area contributed by atoms with E-state index in [2.05, 4.69) is 22.0 Å². The number of hydrogen-bond acceptors (Lipinski definition) is 6. The van der Waals surface area contributed by atoms with Crippen molar-refractivity contribution in [2.45, 2.75) is 13.8 Å². The van der Waals surface area contributed by atoms with Gasteiger partial charge in [-0.05, 0) is 55.4 Å². The van der Waals surface area contributed by atoms with E-state index in [-0.39, 0.29) is 5.82 Å². The molecule has 2 heterocycles. The molecule has 2 aromatic carbocycles. The van der Waals surface area contributed by atoms with Crippen LogP contribution in [0.15, 0.2) is 42.5 Å². The summed E-state index contributed by atoms with van der Waals surface area (Å²) in [6, 6.07) is 12.4. The average molecular weight is 456 g/mol. The Labute approximate surface area is 190 Å².